The van der Waals surface area contributed by atoms with Gasteiger partial charge in [-0.1, -0.05) is 13.8 Å². The molecule has 3 nitrogen and oxygen atoms in total. The molecule has 1 aliphatic carbocycles. The van der Waals surface area contributed by atoms with Gasteiger partial charge in [-0.3, -0.25) is 4.90 Å². The van der Waals surface area contributed by atoms with Crippen LogP contribution in [-0.4, -0.2) is 34.7 Å². The Morgan fingerprint density at radius 3 is 2.47 bits per heavy atom. The van der Waals surface area contributed by atoms with Crippen LogP contribution >= 0.6 is 0 Å². The number of likely N-dealkylation sites (tertiary alicyclic amines) is 1. The summed E-state index contributed by atoms with van der Waals surface area (Å²) in [4.78, 5) is 2.43. The Hall–Kier alpha value is -0.590. The molecular formula is C12H20N2O. The van der Waals surface area contributed by atoms with Crippen LogP contribution in [0.5, 0.6) is 0 Å². The molecule has 1 heterocycles. The van der Waals surface area contributed by atoms with Gasteiger partial charge in [-0.05, 0) is 25.2 Å². The predicted molar refractivity (Wildman–Crippen MR) is 58.1 cm³/mol. The summed E-state index contributed by atoms with van der Waals surface area (Å²) >= 11 is 0. The van der Waals surface area contributed by atoms with Crippen LogP contribution in [0.4, 0.5) is 0 Å². The third-order valence-corrected chi connectivity index (χ3v) is 3.71. The highest BCUT2D eigenvalue weighted by atomic mass is 16.3. The number of nitrogens with zero attached hydrogens (tertiary/aromatic N) is 2. The highest BCUT2D eigenvalue weighted by molar-refractivity contribution is 5.03. The smallest absolute Gasteiger partial charge is 0.0856 e. The first-order valence-corrected chi connectivity index (χ1v) is 5.98. The van der Waals surface area contributed by atoms with Crippen LogP contribution in [0.25, 0.3) is 0 Å². The van der Waals surface area contributed by atoms with Crippen molar-refractivity contribution in [2.75, 3.05) is 6.54 Å². The molecule has 2 rings (SSSR count). The lowest BCUT2D eigenvalue weighted by Gasteiger charge is -2.43. The van der Waals surface area contributed by atoms with Crippen molar-refractivity contribution in [2.24, 2.45) is 11.8 Å². The summed E-state index contributed by atoms with van der Waals surface area (Å²) in [5.41, 5.74) is 0. The zero-order valence-electron chi connectivity index (χ0n) is 9.56. The highest BCUT2D eigenvalue weighted by Crippen LogP contribution is 2.36. The molecular weight excluding hydrogens is 188 g/mol. The number of aliphatic hydroxyl groups is 1. The zero-order chi connectivity index (χ0) is 11.0. The minimum atomic E-state index is -0.454. The zero-order valence-corrected chi connectivity index (χ0v) is 9.56. The number of hydrogen-bond acceptors (Lipinski definition) is 3. The quantitative estimate of drug-likeness (QED) is 0.745. The fourth-order valence-corrected chi connectivity index (χ4v) is 2.79. The maximum atomic E-state index is 10.2. The first-order valence-electron chi connectivity index (χ1n) is 5.98. The van der Waals surface area contributed by atoms with Crippen LogP contribution in [0.15, 0.2) is 0 Å². The van der Waals surface area contributed by atoms with E-state index >= 15 is 0 Å². The molecule has 2 aliphatic rings. The molecule has 3 atom stereocenters. The van der Waals surface area contributed by atoms with E-state index in [2.05, 4.69) is 24.8 Å². The summed E-state index contributed by atoms with van der Waals surface area (Å²) in [5, 5.41) is 19.2. The van der Waals surface area contributed by atoms with Crippen LogP contribution in [0.1, 0.15) is 33.1 Å². The van der Waals surface area contributed by atoms with Crippen molar-refractivity contribution in [3.8, 4) is 6.07 Å². The van der Waals surface area contributed by atoms with E-state index in [-0.39, 0.29) is 12.0 Å². The van der Waals surface area contributed by atoms with Crippen LogP contribution in [-0.2, 0) is 0 Å². The van der Waals surface area contributed by atoms with Gasteiger partial charge in [0.25, 0.3) is 0 Å². The molecule has 1 aliphatic heterocycles. The predicted octanol–water partition coefficient (Wildman–Crippen LogP) is 1.38. The monoisotopic (exact) mass is 208 g/mol. The number of rotatable bonds is 2. The fraction of sp³-hybridized carbons (Fsp3) is 0.917. The Bertz CT molecular complexity index is 267. The summed E-state index contributed by atoms with van der Waals surface area (Å²) in [6.45, 7) is 5.27. The summed E-state index contributed by atoms with van der Waals surface area (Å²) in [6.07, 6.45) is 2.92. The van der Waals surface area contributed by atoms with Gasteiger partial charge in [0.15, 0.2) is 0 Å². The van der Waals surface area contributed by atoms with E-state index in [0.717, 1.165) is 13.0 Å². The van der Waals surface area contributed by atoms with Crippen molar-refractivity contribution in [3.63, 3.8) is 0 Å². The Morgan fingerprint density at radius 2 is 2.00 bits per heavy atom. The maximum absolute atomic E-state index is 10.2. The molecule has 2 fully saturated rings. The van der Waals surface area contributed by atoms with Crippen molar-refractivity contribution < 1.29 is 5.11 Å². The fourth-order valence-electron chi connectivity index (χ4n) is 2.79. The van der Waals surface area contributed by atoms with Gasteiger partial charge in [-0.2, -0.15) is 5.26 Å². The van der Waals surface area contributed by atoms with E-state index < -0.39 is 6.10 Å². The number of hydrogen-bond donors (Lipinski definition) is 1. The van der Waals surface area contributed by atoms with Crippen LogP contribution in [0.3, 0.4) is 0 Å². The molecule has 0 amide bonds. The first kappa shape index (κ1) is 10.9. The van der Waals surface area contributed by atoms with E-state index in [1.54, 1.807) is 0 Å². The molecule has 3 unspecified atom stereocenters. The lowest BCUT2D eigenvalue weighted by atomic mass is 9.83. The van der Waals surface area contributed by atoms with Crippen LogP contribution < -0.4 is 0 Å². The molecule has 3 heteroatoms. The molecule has 0 aromatic rings. The average Bonchev–Trinajstić information content (AvgIpc) is 2.99. The Balaban J connectivity index is 2.12. The summed E-state index contributed by atoms with van der Waals surface area (Å²) in [5.74, 6) is 0.268. The number of nitriles is 1. The Labute approximate surface area is 91.7 Å². The molecule has 0 radical (unpaired) electrons. The molecule has 0 bridgehead atoms. The summed E-state index contributed by atoms with van der Waals surface area (Å²) in [6, 6.07) is 3.12. The number of piperidine rings is 1. The molecule has 84 valence electrons. The van der Waals surface area contributed by atoms with Gasteiger partial charge in [-0.25, -0.2) is 0 Å². The standard InChI is InChI=1S/C12H20N2O/c1-8(2)11-12(15)9(7-13)5-6-14(11)10-3-4-10/h8-12,15H,3-6H2,1-2H3. The second-order valence-electron chi connectivity index (χ2n) is 5.22. The summed E-state index contributed by atoms with van der Waals surface area (Å²) < 4.78 is 0. The molecule has 1 saturated carbocycles. The molecule has 15 heavy (non-hydrogen) atoms. The SMILES string of the molecule is CC(C)C1C(O)C(C#N)CCN1C1CC1. The van der Waals surface area contributed by atoms with E-state index in [0.29, 0.717) is 12.0 Å². The van der Waals surface area contributed by atoms with Gasteiger partial charge in [-0.15, -0.1) is 0 Å². The average molecular weight is 208 g/mol. The third kappa shape index (κ3) is 2.02. The van der Waals surface area contributed by atoms with E-state index in [1.165, 1.54) is 12.8 Å². The second-order valence-corrected chi connectivity index (χ2v) is 5.22. The minimum absolute atomic E-state index is 0.160. The van der Waals surface area contributed by atoms with Gasteiger partial charge < -0.3 is 5.11 Å². The first-order chi connectivity index (χ1) is 7.15. The number of aliphatic hydroxyl groups excluding tert-OH is 1. The van der Waals surface area contributed by atoms with E-state index in [1.807, 2.05) is 0 Å². The molecule has 0 aromatic carbocycles. The van der Waals surface area contributed by atoms with Crippen LogP contribution in [0.2, 0.25) is 0 Å². The van der Waals surface area contributed by atoms with Crippen molar-refractivity contribution in [1.82, 2.24) is 4.90 Å². The third-order valence-electron chi connectivity index (χ3n) is 3.71. The second kappa shape index (κ2) is 4.11. The minimum Gasteiger partial charge on any atom is -0.390 e. The van der Waals surface area contributed by atoms with Crippen LogP contribution in [0, 0.1) is 23.2 Å². The van der Waals surface area contributed by atoms with E-state index in [9.17, 15) is 5.11 Å². The maximum Gasteiger partial charge on any atom is 0.0856 e. The molecule has 0 aromatic heterocycles. The molecule has 1 N–H and O–H groups in total. The van der Waals surface area contributed by atoms with Gasteiger partial charge in [0, 0.05) is 18.6 Å². The van der Waals surface area contributed by atoms with Gasteiger partial charge in [0.05, 0.1) is 18.1 Å². The molecule has 1 saturated heterocycles. The molecule has 0 spiro atoms. The largest absolute Gasteiger partial charge is 0.390 e. The van der Waals surface area contributed by atoms with Gasteiger partial charge in [0.1, 0.15) is 0 Å². The van der Waals surface area contributed by atoms with E-state index in [4.69, 9.17) is 5.26 Å². The lowest BCUT2D eigenvalue weighted by molar-refractivity contribution is -0.0370. The topological polar surface area (TPSA) is 47.3 Å². The highest BCUT2D eigenvalue weighted by Gasteiger charge is 2.44. The van der Waals surface area contributed by atoms with Crippen molar-refractivity contribution in [3.05, 3.63) is 0 Å². The normalized spacial score (nSPS) is 37.9. The van der Waals surface area contributed by atoms with Gasteiger partial charge >= 0.3 is 0 Å². The Kier molecular flexibility index (Phi) is 2.99. The van der Waals surface area contributed by atoms with Crippen molar-refractivity contribution in [1.29, 1.82) is 5.26 Å². The van der Waals surface area contributed by atoms with Crippen molar-refractivity contribution in [2.45, 2.75) is 51.3 Å². The van der Waals surface area contributed by atoms with Gasteiger partial charge in [0.2, 0.25) is 0 Å². The summed E-state index contributed by atoms with van der Waals surface area (Å²) in [7, 11) is 0. The Morgan fingerprint density at radius 1 is 1.33 bits per heavy atom. The van der Waals surface area contributed by atoms with Crippen molar-refractivity contribution >= 4 is 0 Å². The lowest BCUT2D eigenvalue weighted by Crippen LogP contribution is -2.55.